The third-order valence-electron chi connectivity index (χ3n) is 4.00. The molecule has 156 valence electrons. The van der Waals surface area contributed by atoms with Crippen LogP contribution >= 0.6 is 11.8 Å². The average Bonchev–Trinajstić information content (AvgIpc) is 3.43. The van der Waals surface area contributed by atoms with Gasteiger partial charge in [0.2, 0.25) is 5.91 Å². The third kappa shape index (κ3) is 5.84. The number of benzene rings is 1. The van der Waals surface area contributed by atoms with Gasteiger partial charge in [-0.05, 0) is 31.2 Å². The third-order valence-corrected chi connectivity index (χ3v) is 4.81. The maximum absolute atomic E-state index is 13.7. The van der Waals surface area contributed by atoms with E-state index in [1.807, 2.05) is 6.07 Å². The maximum Gasteiger partial charge on any atom is 0.277 e. The van der Waals surface area contributed by atoms with Crippen LogP contribution in [0.2, 0.25) is 0 Å². The molecular formula is C20H19FN4O4S. The van der Waals surface area contributed by atoms with Gasteiger partial charge in [-0.25, -0.2) is 4.39 Å². The fourth-order valence-corrected chi connectivity index (χ4v) is 3.18. The van der Waals surface area contributed by atoms with Crippen molar-refractivity contribution >= 4 is 17.7 Å². The van der Waals surface area contributed by atoms with E-state index in [2.05, 4.69) is 10.2 Å². The van der Waals surface area contributed by atoms with E-state index < -0.39 is 11.9 Å². The summed E-state index contributed by atoms with van der Waals surface area (Å²) in [6.45, 7) is 2.22. The molecule has 0 saturated carbocycles. The Labute approximate surface area is 176 Å². The molecule has 2 aromatic heterocycles. The highest BCUT2D eigenvalue weighted by Gasteiger charge is 2.20. The van der Waals surface area contributed by atoms with Crippen LogP contribution in [0.25, 0.3) is 0 Å². The molecule has 1 amide bonds. The highest BCUT2D eigenvalue weighted by molar-refractivity contribution is 7.99. The Morgan fingerprint density at radius 1 is 1.33 bits per heavy atom. The summed E-state index contributed by atoms with van der Waals surface area (Å²) in [6, 6.07) is 11.6. The van der Waals surface area contributed by atoms with E-state index in [-0.39, 0.29) is 41.5 Å². The number of carbonyl (C=O) groups is 1. The highest BCUT2D eigenvalue weighted by atomic mass is 32.2. The summed E-state index contributed by atoms with van der Waals surface area (Å²) < 4.78 is 30.0. The van der Waals surface area contributed by atoms with E-state index in [0.717, 1.165) is 11.8 Å². The molecule has 30 heavy (non-hydrogen) atoms. The first kappa shape index (κ1) is 21.4. The molecule has 3 rings (SSSR count). The van der Waals surface area contributed by atoms with Gasteiger partial charge in [-0.15, -0.1) is 10.2 Å². The van der Waals surface area contributed by atoms with E-state index >= 15 is 0 Å². The zero-order chi connectivity index (χ0) is 21.3. The number of aromatic nitrogens is 2. The van der Waals surface area contributed by atoms with Gasteiger partial charge in [0.1, 0.15) is 5.76 Å². The predicted octanol–water partition coefficient (Wildman–Crippen LogP) is 3.98. The lowest BCUT2D eigenvalue weighted by Crippen LogP contribution is -2.32. The number of thioether (sulfide) groups is 1. The molecule has 0 N–H and O–H groups in total. The molecule has 1 aromatic carbocycles. The quantitative estimate of drug-likeness (QED) is 0.445. The largest absolute Gasteiger partial charge is 0.478 e. The predicted molar refractivity (Wildman–Crippen MR) is 105 cm³/mol. The number of para-hydroxylation sites is 1. The first-order valence-electron chi connectivity index (χ1n) is 9.11. The first-order chi connectivity index (χ1) is 14.6. The van der Waals surface area contributed by atoms with Crippen molar-refractivity contribution in [2.75, 3.05) is 12.3 Å². The van der Waals surface area contributed by atoms with Gasteiger partial charge in [0.05, 0.1) is 31.1 Å². The second-order valence-electron chi connectivity index (χ2n) is 6.19. The van der Waals surface area contributed by atoms with Crippen LogP contribution in [0.4, 0.5) is 4.39 Å². The minimum atomic E-state index is -0.662. The van der Waals surface area contributed by atoms with Crippen LogP contribution in [-0.2, 0) is 11.3 Å². The first-order valence-corrected chi connectivity index (χ1v) is 10.1. The second-order valence-corrected chi connectivity index (χ2v) is 7.11. The number of ether oxygens (including phenoxy) is 1. The van der Waals surface area contributed by atoms with Gasteiger partial charge in [0.15, 0.2) is 17.7 Å². The summed E-state index contributed by atoms with van der Waals surface area (Å²) in [4.78, 5) is 14.1. The molecular weight excluding hydrogens is 411 g/mol. The fourth-order valence-electron chi connectivity index (χ4n) is 2.51. The van der Waals surface area contributed by atoms with Crippen LogP contribution in [0.5, 0.6) is 5.75 Å². The number of amides is 1. The summed E-state index contributed by atoms with van der Waals surface area (Å²) in [5.41, 5.74) is 0. The Balaban J connectivity index is 1.56. The zero-order valence-corrected chi connectivity index (χ0v) is 17.0. The fraction of sp³-hybridized carbons (Fsp3) is 0.300. The van der Waals surface area contributed by atoms with E-state index in [0.29, 0.717) is 12.3 Å². The maximum atomic E-state index is 13.7. The van der Waals surface area contributed by atoms with Crippen molar-refractivity contribution in [3.05, 3.63) is 60.1 Å². The number of carbonyl (C=O) groups excluding carboxylic acids is 1. The topological polar surface area (TPSA) is 105 Å². The SMILES string of the molecule is C[C@H](Oc1ccccc1F)c1nnc(SCC(=O)N(CCC#N)Cc2ccco2)o1. The van der Waals surface area contributed by atoms with Crippen LogP contribution in [0.15, 0.2) is 56.7 Å². The molecule has 10 heteroatoms. The van der Waals surface area contributed by atoms with Crippen LogP contribution in [0.3, 0.4) is 0 Å². The zero-order valence-electron chi connectivity index (χ0n) is 16.2. The smallest absolute Gasteiger partial charge is 0.277 e. The molecule has 8 nitrogen and oxygen atoms in total. The van der Waals surface area contributed by atoms with Crippen molar-refractivity contribution in [3.8, 4) is 11.8 Å². The summed E-state index contributed by atoms with van der Waals surface area (Å²) >= 11 is 1.08. The summed E-state index contributed by atoms with van der Waals surface area (Å²) in [5, 5.41) is 16.8. The van der Waals surface area contributed by atoms with Gasteiger partial charge in [-0.2, -0.15) is 5.26 Å². The molecule has 0 radical (unpaired) electrons. The van der Waals surface area contributed by atoms with Crippen LogP contribution in [-0.4, -0.2) is 33.3 Å². The lowest BCUT2D eigenvalue weighted by Gasteiger charge is -2.19. The minimum absolute atomic E-state index is 0.0519. The van der Waals surface area contributed by atoms with Crippen molar-refractivity contribution in [1.29, 1.82) is 5.26 Å². The van der Waals surface area contributed by atoms with Crippen molar-refractivity contribution in [2.45, 2.75) is 31.2 Å². The van der Waals surface area contributed by atoms with Crippen molar-refractivity contribution < 1.29 is 22.8 Å². The van der Waals surface area contributed by atoms with Crippen LogP contribution < -0.4 is 4.74 Å². The van der Waals surface area contributed by atoms with E-state index in [1.165, 1.54) is 23.3 Å². The molecule has 0 fully saturated rings. The number of furan rings is 1. The van der Waals surface area contributed by atoms with Crippen LogP contribution in [0.1, 0.15) is 31.1 Å². The van der Waals surface area contributed by atoms with Gasteiger partial charge >= 0.3 is 0 Å². The molecule has 0 spiro atoms. The molecule has 0 aliphatic rings. The van der Waals surface area contributed by atoms with Crippen LogP contribution in [0, 0.1) is 17.1 Å². The van der Waals surface area contributed by atoms with Gasteiger partial charge in [-0.1, -0.05) is 23.9 Å². The van der Waals surface area contributed by atoms with E-state index in [1.54, 1.807) is 31.2 Å². The van der Waals surface area contributed by atoms with Crippen molar-refractivity contribution in [1.82, 2.24) is 15.1 Å². The molecule has 2 heterocycles. The number of halogens is 1. The Kier molecular flexibility index (Phi) is 7.45. The molecule has 3 aromatic rings. The minimum Gasteiger partial charge on any atom is -0.478 e. The summed E-state index contributed by atoms with van der Waals surface area (Å²) in [7, 11) is 0. The van der Waals surface area contributed by atoms with Crippen molar-refractivity contribution in [3.63, 3.8) is 0 Å². The number of hydrogen-bond donors (Lipinski definition) is 0. The number of nitrogens with zero attached hydrogens (tertiary/aromatic N) is 4. The standard InChI is InChI=1S/C20H19FN4O4S/c1-14(28-17-8-3-2-7-16(17)21)19-23-24-20(29-19)30-13-18(26)25(10-5-9-22)12-15-6-4-11-27-15/h2-4,6-8,11,14H,5,10,12-13H2,1H3/t14-/m0/s1. The highest BCUT2D eigenvalue weighted by Crippen LogP contribution is 2.25. The lowest BCUT2D eigenvalue weighted by atomic mass is 10.3. The van der Waals surface area contributed by atoms with Gasteiger partial charge in [-0.3, -0.25) is 4.79 Å². The van der Waals surface area contributed by atoms with Gasteiger partial charge in [0, 0.05) is 6.54 Å². The van der Waals surface area contributed by atoms with E-state index in [4.69, 9.17) is 18.8 Å². The normalized spacial score (nSPS) is 11.6. The Bertz CT molecular complexity index is 1000. The molecule has 0 bridgehead atoms. The summed E-state index contributed by atoms with van der Waals surface area (Å²) in [5.74, 6) is 0.255. The lowest BCUT2D eigenvalue weighted by molar-refractivity contribution is -0.129. The number of rotatable bonds is 10. The molecule has 0 unspecified atom stereocenters. The summed E-state index contributed by atoms with van der Waals surface area (Å²) in [6.07, 6.45) is 1.08. The van der Waals surface area contributed by atoms with Crippen molar-refractivity contribution in [2.24, 2.45) is 0 Å². The molecule has 0 aliphatic heterocycles. The molecule has 0 aliphatic carbocycles. The average molecular weight is 430 g/mol. The number of nitriles is 1. The Hall–Kier alpha value is -3.32. The Morgan fingerprint density at radius 2 is 2.17 bits per heavy atom. The van der Waals surface area contributed by atoms with E-state index in [9.17, 15) is 9.18 Å². The monoisotopic (exact) mass is 430 g/mol. The van der Waals surface area contributed by atoms with Gasteiger partial charge < -0.3 is 18.5 Å². The number of hydrogen-bond acceptors (Lipinski definition) is 8. The second kappa shape index (κ2) is 10.5. The molecule has 1 atom stereocenters. The molecule has 0 saturated heterocycles. The Morgan fingerprint density at radius 3 is 2.90 bits per heavy atom. The van der Waals surface area contributed by atoms with Gasteiger partial charge in [0.25, 0.3) is 11.1 Å².